The third-order valence-electron chi connectivity index (χ3n) is 2.40. The highest BCUT2D eigenvalue weighted by atomic mass is 35.5. The highest BCUT2D eigenvalue weighted by Gasteiger charge is 2.02. The third-order valence-corrected chi connectivity index (χ3v) is 2.59. The van der Waals surface area contributed by atoms with Crippen LogP contribution in [0.2, 0.25) is 5.02 Å². The van der Waals surface area contributed by atoms with Gasteiger partial charge in [0, 0.05) is 6.20 Å². The number of pyridine rings is 1. The molecule has 2 aromatic rings. The molecule has 0 unspecified atom stereocenters. The zero-order valence-corrected chi connectivity index (χ0v) is 10.3. The van der Waals surface area contributed by atoms with E-state index in [2.05, 4.69) is 33.3 Å². The Morgan fingerprint density at radius 2 is 2.00 bits per heavy atom. The molecule has 0 saturated heterocycles. The summed E-state index contributed by atoms with van der Waals surface area (Å²) in [6.07, 6.45) is 5.89. The highest BCUT2D eigenvalue weighted by molar-refractivity contribution is 6.30. The lowest BCUT2D eigenvalue weighted by Crippen LogP contribution is -2.07. The number of hydrogen-bond donors (Lipinski definition) is 1. The standard InChI is InChI=1S/C12H13ClN4/c1-2-9-4-3-5-14-11(9)8-17-12-15-6-10(13)7-16-12/h3-7H,2,8H2,1H3,(H,15,16,17). The summed E-state index contributed by atoms with van der Waals surface area (Å²) in [4.78, 5) is 12.5. The van der Waals surface area contributed by atoms with E-state index in [0.717, 1.165) is 12.1 Å². The second-order valence-corrected chi connectivity index (χ2v) is 3.98. The molecule has 88 valence electrons. The number of anilines is 1. The average molecular weight is 249 g/mol. The molecule has 0 radical (unpaired) electrons. The van der Waals surface area contributed by atoms with Gasteiger partial charge in [-0.3, -0.25) is 4.98 Å². The van der Waals surface area contributed by atoms with Crippen molar-refractivity contribution in [2.75, 3.05) is 5.32 Å². The molecular formula is C12H13ClN4. The van der Waals surface area contributed by atoms with Crippen molar-refractivity contribution in [1.29, 1.82) is 0 Å². The van der Waals surface area contributed by atoms with Gasteiger partial charge < -0.3 is 5.32 Å². The van der Waals surface area contributed by atoms with Gasteiger partial charge in [-0.2, -0.15) is 0 Å². The number of rotatable bonds is 4. The zero-order chi connectivity index (χ0) is 12.1. The maximum absolute atomic E-state index is 5.71. The van der Waals surface area contributed by atoms with Crippen LogP contribution in [0.4, 0.5) is 5.95 Å². The van der Waals surface area contributed by atoms with E-state index in [-0.39, 0.29) is 0 Å². The van der Waals surface area contributed by atoms with Crippen LogP contribution in [-0.2, 0) is 13.0 Å². The molecule has 0 aliphatic carbocycles. The van der Waals surface area contributed by atoms with Crippen LogP contribution >= 0.6 is 11.6 Å². The van der Waals surface area contributed by atoms with Gasteiger partial charge in [-0.25, -0.2) is 9.97 Å². The summed E-state index contributed by atoms with van der Waals surface area (Å²) in [6, 6.07) is 4.02. The van der Waals surface area contributed by atoms with Crippen molar-refractivity contribution in [3.8, 4) is 0 Å². The van der Waals surface area contributed by atoms with Crippen LogP contribution in [0.15, 0.2) is 30.7 Å². The van der Waals surface area contributed by atoms with E-state index in [1.54, 1.807) is 18.6 Å². The van der Waals surface area contributed by atoms with Gasteiger partial charge in [0.2, 0.25) is 5.95 Å². The Kier molecular flexibility index (Phi) is 3.88. The van der Waals surface area contributed by atoms with Crippen molar-refractivity contribution >= 4 is 17.5 Å². The lowest BCUT2D eigenvalue weighted by molar-refractivity contribution is 0.952. The summed E-state index contributed by atoms with van der Waals surface area (Å²) in [7, 11) is 0. The molecule has 17 heavy (non-hydrogen) atoms. The molecule has 0 aliphatic rings. The summed E-state index contributed by atoms with van der Waals surface area (Å²) in [5, 5.41) is 3.65. The highest BCUT2D eigenvalue weighted by Crippen LogP contribution is 2.09. The summed E-state index contributed by atoms with van der Waals surface area (Å²) in [5.41, 5.74) is 2.25. The van der Waals surface area contributed by atoms with Crippen LogP contribution in [0.5, 0.6) is 0 Å². The molecule has 0 atom stereocenters. The first-order valence-corrected chi connectivity index (χ1v) is 5.81. The van der Waals surface area contributed by atoms with Gasteiger partial charge in [-0.15, -0.1) is 0 Å². The van der Waals surface area contributed by atoms with E-state index in [9.17, 15) is 0 Å². The minimum absolute atomic E-state index is 0.530. The molecule has 0 aliphatic heterocycles. The third kappa shape index (κ3) is 3.14. The van der Waals surface area contributed by atoms with Crippen molar-refractivity contribution in [1.82, 2.24) is 15.0 Å². The van der Waals surface area contributed by atoms with E-state index in [4.69, 9.17) is 11.6 Å². The number of nitrogens with one attached hydrogen (secondary N) is 1. The topological polar surface area (TPSA) is 50.7 Å². The molecule has 0 amide bonds. The predicted molar refractivity (Wildman–Crippen MR) is 68.0 cm³/mol. The van der Waals surface area contributed by atoms with Gasteiger partial charge in [0.15, 0.2) is 0 Å². The fourth-order valence-corrected chi connectivity index (χ4v) is 1.62. The van der Waals surface area contributed by atoms with Crippen molar-refractivity contribution < 1.29 is 0 Å². The van der Waals surface area contributed by atoms with Crippen molar-refractivity contribution in [3.05, 3.63) is 47.0 Å². The largest absolute Gasteiger partial charge is 0.349 e. The number of nitrogens with zero attached hydrogens (tertiary/aromatic N) is 3. The Hall–Kier alpha value is -1.68. The van der Waals surface area contributed by atoms with E-state index in [0.29, 0.717) is 17.5 Å². The fraction of sp³-hybridized carbons (Fsp3) is 0.250. The lowest BCUT2D eigenvalue weighted by atomic mass is 10.1. The quantitative estimate of drug-likeness (QED) is 0.904. The normalized spacial score (nSPS) is 10.2. The number of aromatic nitrogens is 3. The Bertz CT molecular complexity index is 484. The monoisotopic (exact) mass is 248 g/mol. The van der Waals surface area contributed by atoms with E-state index in [1.807, 2.05) is 6.07 Å². The summed E-state index contributed by atoms with van der Waals surface area (Å²) >= 11 is 5.71. The molecule has 1 N–H and O–H groups in total. The summed E-state index contributed by atoms with van der Waals surface area (Å²) in [5.74, 6) is 0.558. The maximum atomic E-state index is 5.71. The minimum atomic E-state index is 0.530. The van der Waals surface area contributed by atoms with Crippen molar-refractivity contribution in [2.45, 2.75) is 19.9 Å². The SMILES string of the molecule is CCc1cccnc1CNc1ncc(Cl)cn1. The van der Waals surface area contributed by atoms with E-state index < -0.39 is 0 Å². The first-order valence-electron chi connectivity index (χ1n) is 5.43. The minimum Gasteiger partial charge on any atom is -0.349 e. The molecule has 0 saturated carbocycles. The Labute approximate surface area is 105 Å². The van der Waals surface area contributed by atoms with E-state index >= 15 is 0 Å². The van der Waals surface area contributed by atoms with Crippen LogP contribution in [0.1, 0.15) is 18.2 Å². The van der Waals surface area contributed by atoms with Gasteiger partial charge in [0.1, 0.15) is 0 Å². The van der Waals surface area contributed by atoms with Crippen LogP contribution < -0.4 is 5.32 Å². The van der Waals surface area contributed by atoms with Gasteiger partial charge in [0.05, 0.1) is 29.7 Å². The molecule has 4 nitrogen and oxygen atoms in total. The second-order valence-electron chi connectivity index (χ2n) is 3.54. The Morgan fingerprint density at radius 3 is 2.71 bits per heavy atom. The maximum Gasteiger partial charge on any atom is 0.222 e. The number of halogens is 1. The molecule has 0 bridgehead atoms. The Balaban J connectivity index is 2.04. The zero-order valence-electron chi connectivity index (χ0n) is 9.52. The summed E-state index contributed by atoms with van der Waals surface area (Å²) < 4.78 is 0. The van der Waals surface area contributed by atoms with Crippen molar-refractivity contribution in [2.24, 2.45) is 0 Å². The molecule has 0 fully saturated rings. The lowest BCUT2D eigenvalue weighted by Gasteiger charge is -2.07. The molecule has 2 heterocycles. The van der Waals surface area contributed by atoms with Gasteiger partial charge in [-0.1, -0.05) is 24.6 Å². The smallest absolute Gasteiger partial charge is 0.222 e. The van der Waals surface area contributed by atoms with Gasteiger partial charge >= 0.3 is 0 Å². The van der Waals surface area contributed by atoms with E-state index in [1.165, 1.54) is 5.56 Å². The average Bonchev–Trinajstić information content (AvgIpc) is 2.38. The summed E-state index contributed by atoms with van der Waals surface area (Å²) in [6.45, 7) is 2.73. The molecule has 2 rings (SSSR count). The number of hydrogen-bond acceptors (Lipinski definition) is 4. The number of aryl methyl sites for hydroxylation is 1. The molecule has 0 aromatic carbocycles. The van der Waals surface area contributed by atoms with Crippen LogP contribution in [0.3, 0.4) is 0 Å². The molecule has 5 heteroatoms. The molecular weight excluding hydrogens is 236 g/mol. The second kappa shape index (κ2) is 5.59. The van der Waals surface area contributed by atoms with Crippen LogP contribution in [0.25, 0.3) is 0 Å². The Morgan fingerprint density at radius 1 is 1.24 bits per heavy atom. The van der Waals surface area contributed by atoms with Crippen LogP contribution in [0, 0.1) is 0 Å². The van der Waals surface area contributed by atoms with Gasteiger partial charge in [-0.05, 0) is 18.1 Å². The van der Waals surface area contributed by atoms with Crippen molar-refractivity contribution in [3.63, 3.8) is 0 Å². The predicted octanol–water partition coefficient (Wildman–Crippen LogP) is 2.70. The van der Waals surface area contributed by atoms with Crippen LogP contribution in [-0.4, -0.2) is 15.0 Å². The molecule has 2 aromatic heterocycles. The molecule has 0 spiro atoms. The van der Waals surface area contributed by atoms with Gasteiger partial charge in [0.25, 0.3) is 0 Å². The first-order chi connectivity index (χ1) is 8.29. The fourth-order valence-electron chi connectivity index (χ4n) is 1.52. The first kappa shape index (κ1) is 11.8.